The Labute approximate surface area is 59.2 Å². The van der Waals surface area contributed by atoms with Crippen molar-refractivity contribution in [3.63, 3.8) is 0 Å². The summed E-state index contributed by atoms with van der Waals surface area (Å²) < 4.78 is 0. The molecule has 4 heteroatoms. The van der Waals surface area contributed by atoms with Crippen LogP contribution in [0.2, 0.25) is 0 Å². The molecule has 0 rings (SSSR count). The molecule has 4 nitrogen and oxygen atoms in total. The second-order valence-electron chi connectivity index (χ2n) is 1.66. The Kier molecular flexibility index (Phi) is 4.15. The highest BCUT2D eigenvalue weighted by atomic mass is 16.5. The van der Waals surface area contributed by atoms with E-state index in [1.807, 2.05) is 6.92 Å². The molecular formula is C6H10N2O2. The molecule has 0 fully saturated rings. The van der Waals surface area contributed by atoms with E-state index >= 15 is 0 Å². The van der Waals surface area contributed by atoms with Crippen LogP contribution in [0.3, 0.4) is 0 Å². The summed E-state index contributed by atoms with van der Waals surface area (Å²) >= 11 is 0. The molecule has 0 aliphatic rings. The molecule has 0 aromatic heterocycles. The molecule has 0 saturated heterocycles. The lowest BCUT2D eigenvalue weighted by Crippen LogP contribution is -2.19. The van der Waals surface area contributed by atoms with Crippen molar-refractivity contribution in [3.8, 4) is 0 Å². The highest BCUT2D eigenvalue weighted by Crippen LogP contribution is 1.89. The van der Waals surface area contributed by atoms with Crippen molar-refractivity contribution >= 4 is 12.1 Å². The van der Waals surface area contributed by atoms with Crippen LogP contribution >= 0.6 is 0 Å². The largest absolute Gasteiger partial charge is 0.288 e. The van der Waals surface area contributed by atoms with Crippen molar-refractivity contribution in [1.82, 2.24) is 5.48 Å². The normalized spacial score (nSPS) is 12.1. The standard InChI is InChI=1S/C6H10N2O2/c1-3-5(2)7-4-6(9)8-10/h3-4,10H,1-2H3,(H,8,9)/b5-3-,7-4-. The molecule has 0 aliphatic heterocycles. The Bertz CT molecular complexity index is 173. The molecule has 0 unspecified atom stereocenters. The minimum Gasteiger partial charge on any atom is -0.288 e. The number of hydroxylamine groups is 1. The maximum Gasteiger partial charge on any atom is 0.285 e. The summed E-state index contributed by atoms with van der Waals surface area (Å²) in [5.74, 6) is -0.624. The lowest BCUT2D eigenvalue weighted by atomic mass is 10.5. The summed E-state index contributed by atoms with van der Waals surface area (Å²) in [7, 11) is 0. The highest BCUT2D eigenvalue weighted by Gasteiger charge is 1.88. The van der Waals surface area contributed by atoms with Gasteiger partial charge in [0, 0.05) is 5.70 Å². The summed E-state index contributed by atoms with van der Waals surface area (Å²) in [6, 6.07) is 0. The van der Waals surface area contributed by atoms with Gasteiger partial charge >= 0.3 is 0 Å². The van der Waals surface area contributed by atoms with Gasteiger partial charge in [-0.15, -0.1) is 0 Å². The minimum atomic E-state index is -0.624. The van der Waals surface area contributed by atoms with Crippen LogP contribution in [0, 0.1) is 0 Å². The van der Waals surface area contributed by atoms with Crippen molar-refractivity contribution in [1.29, 1.82) is 0 Å². The van der Waals surface area contributed by atoms with Crippen molar-refractivity contribution < 1.29 is 10.0 Å². The number of allylic oxidation sites excluding steroid dienone is 2. The first-order valence-electron chi connectivity index (χ1n) is 2.81. The fourth-order valence-corrected chi connectivity index (χ4v) is 0.264. The molecule has 0 spiro atoms. The van der Waals surface area contributed by atoms with Gasteiger partial charge in [0.15, 0.2) is 0 Å². The molecule has 0 atom stereocenters. The molecule has 0 radical (unpaired) electrons. The first kappa shape index (κ1) is 8.84. The van der Waals surface area contributed by atoms with Gasteiger partial charge in [0.05, 0.1) is 6.21 Å². The number of amides is 1. The van der Waals surface area contributed by atoms with E-state index in [4.69, 9.17) is 5.21 Å². The zero-order valence-electron chi connectivity index (χ0n) is 5.96. The van der Waals surface area contributed by atoms with Gasteiger partial charge in [-0.2, -0.15) is 0 Å². The van der Waals surface area contributed by atoms with E-state index in [1.165, 1.54) is 5.48 Å². The predicted molar refractivity (Wildman–Crippen MR) is 37.9 cm³/mol. The van der Waals surface area contributed by atoms with E-state index in [-0.39, 0.29) is 0 Å². The Morgan fingerprint density at radius 3 is 2.70 bits per heavy atom. The molecule has 0 aromatic rings. The SMILES string of the molecule is C/C=C(C)\N=C/C(=O)NO. The molecule has 0 heterocycles. The fourth-order valence-electron chi connectivity index (χ4n) is 0.264. The Balaban J connectivity index is 3.88. The van der Waals surface area contributed by atoms with Crippen molar-refractivity contribution in [3.05, 3.63) is 11.8 Å². The lowest BCUT2D eigenvalue weighted by Gasteiger charge is -1.88. The second-order valence-corrected chi connectivity index (χ2v) is 1.66. The van der Waals surface area contributed by atoms with Crippen LogP contribution in [0.25, 0.3) is 0 Å². The molecule has 0 saturated carbocycles. The number of hydrogen-bond acceptors (Lipinski definition) is 3. The quantitative estimate of drug-likeness (QED) is 0.335. The summed E-state index contributed by atoms with van der Waals surface area (Å²) in [5, 5.41) is 8.01. The van der Waals surface area contributed by atoms with Crippen molar-refractivity contribution in [2.24, 2.45) is 4.99 Å². The highest BCUT2D eigenvalue weighted by molar-refractivity contribution is 6.25. The molecule has 2 N–H and O–H groups in total. The van der Waals surface area contributed by atoms with Gasteiger partial charge in [-0.3, -0.25) is 15.0 Å². The van der Waals surface area contributed by atoms with Gasteiger partial charge in [-0.25, -0.2) is 5.48 Å². The molecule has 10 heavy (non-hydrogen) atoms. The number of carbonyl (C=O) groups excluding carboxylic acids is 1. The van der Waals surface area contributed by atoms with Crippen molar-refractivity contribution in [2.45, 2.75) is 13.8 Å². The second kappa shape index (κ2) is 4.69. The zero-order valence-corrected chi connectivity index (χ0v) is 5.96. The van der Waals surface area contributed by atoms with E-state index in [9.17, 15) is 4.79 Å². The Morgan fingerprint density at radius 2 is 2.30 bits per heavy atom. The van der Waals surface area contributed by atoms with Gasteiger partial charge in [0.1, 0.15) is 0 Å². The summed E-state index contributed by atoms with van der Waals surface area (Å²) in [6.45, 7) is 3.56. The van der Waals surface area contributed by atoms with E-state index < -0.39 is 5.91 Å². The maximum atomic E-state index is 10.3. The average Bonchev–Trinajstić information content (AvgIpc) is 1.99. The van der Waals surface area contributed by atoms with Gasteiger partial charge in [0.2, 0.25) is 0 Å². The summed E-state index contributed by atoms with van der Waals surface area (Å²) in [4.78, 5) is 14.0. The van der Waals surface area contributed by atoms with Crippen molar-refractivity contribution in [2.75, 3.05) is 0 Å². The molecule has 0 aliphatic carbocycles. The number of nitrogens with one attached hydrogen (secondary N) is 1. The van der Waals surface area contributed by atoms with E-state index in [1.54, 1.807) is 13.0 Å². The van der Waals surface area contributed by atoms with Crippen LogP contribution in [0.4, 0.5) is 0 Å². The third-order valence-electron chi connectivity index (χ3n) is 0.913. The number of carbonyl (C=O) groups is 1. The van der Waals surface area contributed by atoms with Gasteiger partial charge < -0.3 is 0 Å². The van der Waals surface area contributed by atoms with Crippen LogP contribution in [-0.2, 0) is 4.79 Å². The lowest BCUT2D eigenvalue weighted by molar-refractivity contribution is -0.121. The van der Waals surface area contributed by atoms with Gasteiger partial charge in [-0.05, 0) is 13.8 Å². The smallest absolute Gasteiger partial charge is 0.285 e. The van der Waals surface area contributed by atoms with E-state index in [2.05, 4.69) is 4.99 Å². The molecule has 0 bridgehead atoms. The number of aliphatic imine (C=N–C) groups is 1. The minimum absolute atomic E-state index is 0.624. The Hall–Kier alpha value is -1.16. The molecule has 0 aromatic carbocycles. The first-order valence-corrected chi connectivity index (χ1v) is 2.81. The van der Waals surface area contributed by atoms with Crippen LogP contribution in [0.5, 0.6) is 0 Å². The Morgan fingerprint density at radius 1 is 1.70 bits per heavy atom. The van der Waals surface area contributed by atoms with Gasteiger partial charge in [0.25, 0.3) is 5.91 Å². The number of rotatable bonds is 2. The molecule has 56 valence electrons. The van der Waals surface area contributed by atoms with Crippen LogP contribution in [-0.4, -0.2) is 17.3 Å². The first-order chi connectivity index (χ1) is 4.70. The summed E-state index contributed by atoms with van der Waals surface area (Å²) in [5.41, 5.74) is 2.15. The molecule has 1 amide bonds. The predicted octanol–water partition coefficient (Wildman–Crippen LogP) is 0.486. The molecular weight excluding hydrogens is 132 g/mol. The third kappa shape index (κ3) is 3.80. The van der Waals surface area contributed by atoms with E-state index in [0.717, 1.165) is 11.9 Å². The number of hydrogen-bond donors (Lipinski definition) is 2. The maximum absolute atomic E-state index is 10.3. The average molecular weight is 142 g/mol. The topological polar surface area (TPSA) is 61.7 Å². The van der Waals surface area contributed by atoms with Crippen LogP contribution < -0.4 is 5.48 Å². The summed E-state index contributed by atoms with van der Waals surface area (Å²) in [6.07, 6.45) is 2.76. The third-order valence-corrected chi connectivity index (χ3v) is 0.913. The van der Waals surface area contributed by atoms with Crippen LogP contribution in [0.15, 0.2) is 16.8 Å². The van der Waals surface area contributed by atoms with Gasteiger partial charge in [-0.1, -0.05) is 6.08 Å². The number of nitrogens with zero attached hydrogens (tertiary/aromatic N) is 1. The fraction of sp³-hybridized carbons (Fsp3) is 0.333. The zero-order chi connectivity index (χ0) is 7.98. The van der Waals surface area contributed by atoms with Crippen LogP contribution in [0.1, 0.15) is 13.8 Å². The monoisotopic (exact) mass is 142 g/mol. The van der Waals surface area contributed by atoms with E-state index in [0.29, 0.717) is 0 Å².